The number of aliphatic hydroxyl groups excluding tert-OH is 1. The van der Waals surface area contributed by atoms with Gasteiger partial charge in [-0.2, -0.15) is 4.98 Å². The van der Waals surface area contributed by atoms with Gasteiger partial charge in [0.05, 0.1) is 19.8 Å². The summed E-state index contributed by atoms with van der Waals surface area (Å²) in [7, 11) is 1.54. The van der Waals surface area contributed by atoms with Crippen molar-refractivity contribution in [1.29, 1.82) is 0 Å². The number of anilines is 1. The lowest BCUT2D eigenvalue weighted by Gasteiger charge is -2.13. The van der Waals surface area contributed by atoms with Gasteiger partial charge in [-0.15, -0.1) is 6.58 Å². The number of nitrogens with zero attached hydrogens (tertiary/aromatic N) is 2. The van der Waals surface area contributed by atoms with Gasteiger partial charge in [-0.1, -0.05) is 6.08 Å². The molecule has 0 aliphatic carbocycles. The molecule has 0 aromatic carbocycles. The SMILES string of the molecule is C=CCC(CO)Nc1nccc(OC)n1. The molecule has 0 fully saturated rings. The van der Waals surface area contributed by atoms with Crippen molar-refractivity contribution in [2.45, 2.75) is 12.5 Å². The lowest BCUT2D eigenvalue weighted by Crippen LogP contribution is -2.24. The van der Waals surface area contributed by atoms with Crippen LogP contribution < -0.4 is 10.1 Å². The van der Waals surface area contributed by atoms with Crippen molar-refractivity contribution in [3.05, 3.63) is 24.9 Å². The molecule has 1 unspecified atom stereocenters. The maximum atomic E-state index is 9.05. The second kappa shape index (κ2) is 5.98. The van der Waals surface area contributed by atoms with Gasteiger partial charge < -0.3 is 15.2 Å². The van der Waals surface area contributed by atoms with Gasteiger partial charge in [-0.05, 0) is 6.42 Å². The van der Waals surface area contributed by atoms with E-state index in [0.29, 0.717) is 18.2 Å². The zero-order chi connectivity index (χ0) is 11.1. The Kier molecular flexibility index (Phi) is 4.56. The molecule has 15 heavy (non-hydrogen) atoms. The molecule has 0 aliphatic rings. The normalized spacial score (nSPS) is 11.9. The number of nitrogens with one attached hydrogen (secondary N) is 1. The van der Waals surface area contributed by atoms with Crippen molar-refractivity contribution in [3.8, 4) is 5.88 Å². The van der Waals surface area contributed by atoms with Crippen molar-refractivity contribution in [2.24, 2.45) is 0 Å². The number of hydrogen-bond acceptors (Lipinski definition) is 5. The molecule has 0 saturated carbocycles. The minimum atomic E-state index is -0.116. The Morgan fingerprint density at radius 1 is 1.73 bits per heavy atom. The summed E-state index contributed by atoms with van der Waals surface area (Å²) in [5, 5.41) is 12.0. The maximum absolute atomic E-state index is 9.05. The van der Waals surface area contributed by atoms with E-state index >= 15 is 0 Å². The predicted molar refractivity (Wildman–Crippen MR) is 57.9 cm³/mol. The van der Waals surface area contributed by atoms with Crippen LogP contribution in [0.15, 0.2) is 24.9 Å². The fourth-order valence-corrected chi connectivity index (χ4v) is 1.09. The molecule has 0 amide bonds. The zero-order valence-electron chi connectivity index (χ0n) is 8.68. The standard InChI is InChI=1S/C10H15N3O2/c1-3-4-8(7-14)12-10-11-6-5-9(13-10)15-2/h3,5-6,8,14H,1,4,7H2,2H3,(H,11,12,13). The van der Waals surface area contributed by atoms with E-state index in [9.17, 15) is 0 Å². The highest BCUT2D eigenvalue weighted by Crippen LogP contribution is 2.09. The maximum Gasteiger partial charge on any atom is 0.226 e. The molecule has 5 heteroatoms. The number of rotatable bonds is 6. The molecule has 0 spiro atoms. The van der Waals surface area contributed by atoms with Crippen molar-refractivity contribution >= 4 is 5.95 Å². The van der Waals surface area contributed by atoms with Crippen LogP contribution in [0.25, 0.3) is 0 Å². The van der Waals surface area contributed by atoms with Crippen molar-refractivity contribution in [3.63, 3.8) is 0 Å². The molecule has 82 valence electrons. The van der Waals surface area contributed by atoms with Crippen LogP contribution in [0.4, 0.5) is 5.95 Å². The van der Waals surface area contributed by atoms with Crippen LogP contribution in [0.3, 0.4) is 0 Å². The number of hydrogen-bond donors (Lipinski definition) is 2. The van der Waals surface area contributed by atoms with Crippen LogP contribution in [0.1, 0.15) is 6.42 Å². The molecule has 1 aromatic rings. The Balaban J connectivity index is 2.65. The highest BCUT2D eigenvalue weighted by Gasteiger charge is 2.07. The second-order valence-electron chi connectivity index (χ2n) is 2.97. The quantitative estimate of drug-likeness (QED) is 0.679. The number of methoxy groups -OCH3 is 1. The van der Waals surface area contributed by atoms with E-state index in [1.54, 1.807) is 25.4 Å². The largest absolute Gasteiger partial charge is 0.481 e. The molecule has 1 heterocycles. The summed E-state index contributed by atoms with van der Waals surface area (Å²) in [6.45, 7) is 3.61. The van der Waals surface area contributed by atoms with E-state index in [1.165, 1.54) is 0 Å². The van der Waals surface area contributed by atoms with Crippen LogP contribution in [-0.4, -0.2) is 34.8 Å². The Morgan fingerprint density at radius 2 is 2.53 bits per heavy atom. The van der Waals surface area contributed by atoms with Crippen molar-refractivity contribution in [2.75, 3.05) is 19.0 Å². The summed E-state index contributed by atoms with van der Waals surface area (Å²) in [6, 6.07) is 1.54. The fourth-order valence-electron chi connectivity index (χ4n) is 1.09. The van der Waals surface area contributed by atoms with Crippen molar-refractivity contribution in [1.82, 2.24) is 9.97 Å². The van der Waals surface area contributed by atoms with E-state index < -0.39 is 0 Å². The molecule has 0 aliphatic heterocycles. The summed E-state index contributed by atoms with van der Waals surface area (Å²) in [6.07, 6.45) is 3.97. The van der Waals surface area contributed by atoms with Crippen LogP contribution in [-0.2, 0) is 0 Å². The number of aliphatic hydroxyl groups is 1. The van der Waals surface area contributed by atoms with E-state index in [2.05, 4.69) is 21.9 Å². The van der Waals surface area contributed by atoms with Gasteiger partial charge in [0, 0.05) is 12.3 Å². The Hall–Kier alpha value is -1.62. The molecule has 0 saturated heterocycles. The topological polar surface area (TPSA) is 67.3 Å². The van der Waals surface area contributed by atoms with E-state index in [-0.39, 0.29) is 12.6 Å². The Morgan fingerprint density at radius 3 is 3.13 bits per heavy atom. The third kappa shape index (κ3) is 3.55. The van der Waals surface area contributed by atoms with Gasteiger partial charge in [0.2, 0.25) is 11.8 Å². The average molecular weight is 209 g/mol. The molecule has 0 radical (unpaired) electrons. The Bertz CT molecular complexity index is 317. The lowest BCUT2D eigenvalue weighted by atomic mass is 10.2. The molecular formula is C10H15N3O2. The number of ether oxygens (including phenoxy) is 1. The summed E-state index contributed by atoms with van der Waals surface area (Å²) in [5.74, 6) is 0.929. The van der Waals surface area contributed by atoms with Crippen molar-refractivity contribution < 1.29 is 9.84 Å². The lowest BCUT2D eigenvalue weighted by molar-refractivity contribution is 0.274. The van der Waals surface area contributed by atoms with Gasteiger partial charge in [0.1, 0.15) is 0 Å². The van der Waals surface area contributed by atoms with E-state index in [0.717, 1.165) is 0 Å². The summed E-state index contributed by atoms with van der Waals surface area (Å²) < 4.78 is 4.96. The van der Waals surface area contributed by atoms with Gasteiger partial charge in [-0.3, -0.25) is 0 Å². The molecular weight excluding hydrogens is 194 g/mol. The Labute approximate surface area is 88.8 Å². The molecule has 2 N–H and O–H groups in total. The van der Waals surface area contributed by atoms with Crippen LogP contribution in [0, 0.1) is 0 Å². The zero-order valence-corrected chi connectivity index (χ0v) is 8.68. The van der Waals surface area contributed by atoms with Gasteiger partial charge >= 0.3 is 0 Å². The monoisotopic (exact) mass is 209 g/mol. The van der Waals surface area contributed by atoms with E-state index in [1.807, 2.05) is 0 Å². The predicted octanol–water partition coefficient (Wildman–Crippen LogP) is 0.834. The summed E-state index contributed by atoms with van der Waals surface area (Å²) in [4.78, 5) is 8.08. The molecule has 5 nitrogen and oxygen atoms in total. The van der Waals surface area contributed by atoms with Crippen LogP contribution >= 0.6 is 0 Å². The summed E-state index contributed by atoms with van der Waals surface area (Å²) >= 11 is 0. The fraction of sp³-hybridized carbons (Fsp3) is 0.400. The smallest absolute Gasteiger partial charge is 0.226 e. The first-order valence-electron chi connectivity index (χ1n) is 4.65. The van der Waals surface area contributed by atoms with Gasteiger partial charge in [0.15, 0.2) is 0 Å². The van der Waals surface area contributed by atoms with Gasteiger partial charge in [0.25, 0.3) is 0 Å². The van der Waals surface area contributed by atoms with E-state index in [4.69, 9.17) is 9.84 Å². The molecule has 1 rings (SSSR count). The van der Waals surface area contributed by atoms with Crippen LogP contribution in [0.5, 0.6) is 5.88 Å². The van der Waals surface area contributed by atoms with Crippen LogP contribution in [0.2, 0.25) is 0 Å². The highest BCUT2D eigenvalue weighted by molar-refractivity contribution is 5.29. The third-order valence-corrected chi connectivity index (χ3v) is 1.84. The first-order chi connectivity index (χ1) is 7.30. The minimum Gasteiger partial charge on any atom is -0.481 e. The molecule has 0 bridgehead atoms. The first kappa shape index (κ1) is 11.5. The number of aromatic nitrogens is 2. The first-order valence-corrected chi connectivity index (χ1v) is 4.65. The third-order valence-electron chi connectivity index (χ3n) is 1.84. The minimum absolute atomic E-state index is 0.00654. The highest BCUT2D eigenvalue weighted by atomic mass is 16.5. The summed E-state index contributed by atoms with van der Waals surface area (Å²) in [5.41, 5.74) is 0. The molecule has 1 atom stereocenters. The van der Waals surface area contributed by atoms with Gasteiger partial charge in [-0.25, -0.2) is 4.98 Å². The molecule has 1 aromatic heterocycles. The second-order valence-corrected chi connectivity index (χ2v) is 2.97. The average Bonchev–Trinajstić information content (AvgIpc) is 2.29.